The summed E-state index contributed by atoms with van der Waals surface area (Å²) in [6.07, 6.45) is 0. The van der Waals surface area contributed by atoms with Crippen LogP contribution in [0, 0.1) is 0 Å². The monoisotopic (exact) mass is 571 g/mol. The molecular weight excluding hydrogens is 546 g/mol. The molecule has 0 amide bonds. The van der Waals surface area contributed by atoms with Gasteiger partial charge in [0.25, 0.3) is 5.56 Å². The van der Waals surface area contributed by atoms with E-state index in [1.54, 1.807) is 0 Å². The molecule has 208 valence electrons. The number of aromatic nitrogens is 1. The van der Waals surface area contributed by atoms with Gasteiger partial charge in [-0.15, -0.1) is 0 Å². The second-order valence-electron chi connectivity index (χ2n) is 12.0. The van der Waals surface area contributed by atoms with Crippen LogP contribution in [0.25, 0.3) is 92.5 Å². The van der Waals surface area contributed by atoms with Gasteiger partial charge in [-0.1, -0.05) is 127 Å². The van der Waals surface area contributed by atoms with Crippen LogP contribution in [-0.2, 0) is 0 Å². The molecule has 0 saturated carbocycles. The first-order chi connectivity index (χ1) is 22.3. The van der Waals surface area contributed by atoms with Crippen molar-refractivity contribution in [2.24, 2.45) is 0 Å². The summed E-state index contributed by atoms with van der Waals surface area (Å²) in [5.41, 5.74) is 6.66. The number of benzene rings is 8. The lowest BCUT2D eigenvalue weighted by molar-refractivity contribution is 1.21. The fraction of sp³-hybridized carbons (Fsp3) is 0. The third kappa shape index (κ3) is 3.31. The molecule has 45 heavy (non-hydrogen) atoms. The number of hydrogen-bond donors (Lipinski definition) is 0. The summed E-state index contributed by atoms with van der Waals surface area (Å²) < 4.78 is 1.91. The molecule has 0 radical (unpaired) electrons. The van der Waals surface area contributed by atoms with Crippen LogP contribution in [0.5, 0.6) is 0 Å². The van der Waals surface area contributed by atoms with Gasteiger partial charge >= 0.3 is 0 Å². The molecule has 0 N–H and O–H groups in total. The van der Waals surface area contributed by atoms with E-state index >= 15 is 0 Å². The van der Waals surface area contributed by atoms with E-state index in [0.717, 1.165) is 43.5 Å². The molecule has 0 unspecified atom stereocenters. The molecular formula is C43H25NO. The van der Waals surface area contributed by atoms with Crippen molar-refractivity contribution in [2.45, 2.75) is 0 Å². The van der Waals surface area contributed by atoms with Crippen LogP contribution in [0.1, 0.15) is 0 Å². The van der Waals surface area contributed by atoms with Crippen LogP contribution in [-0.4, -0.2) is 4.40 Å². The minimum absolute atomic E-state index is 0.0355. The van der Waals surface area contributed by atoms with Crippen molar-refractivity contribution in [2.75, 3.05) is 0 Å². The number of pyridine rings is 1. The van der Waals surface area contributed by atoms with E-state index in [2.05, 4.69) is 133 Å². The molecule has 0 atom stereocenters. The molecule has 0 aliphatic rings. The molecule has 0 aliphatic carbocycles. The predicted octanol–water partition coefficient (Wildman–Crippen LogP) is 11.0. The van der Waals surface area contributed by atoms with Gasteiger partial charge in [0, 0.05) is 21.5 Å². The maximum absolute atomic E-state index is 13.8. The summed E-state index contributed by atoms with van der Waals surface area (Å²) in [6, 6.07) is 53.9. The zero-order valence-electron chi connectivity index (χ0n) is 24.3. The number of rotatable bonds is 2. The Morgan fingerprint density at radius 1 is 0.333 bits per heavy atom. The van der Waals surface area contributed by atoms with E-state index < -0.39 is 0 Å². The molecule has 0 spiro atoms. The molecule has 2 heteroatoms. The molecule has 0 bridgehead atoms. The maximum Gasteiger partial charge on any atom is 0.263 e. The fourth-order valence-corrected chi connectivity index (χ4v) is 7.75. The highest BCUT2D eigenvalue weighted by Gasteiger charge is 2.18. The molecule has 0 saturated heterocycles. The van der Waals surface area contributed by atoms with Gasteiger partial charge in [-0.25, -0.2) is 0 Å². The molecule has 2 nitrogen and oxygen atoms in total. The molecule has 0 aliphatic heterocycles. The second-order valence-corrected chi connectivity index (χ2v) is 12.0. The van der Waals surface area contributed by atoms with Gasteiger partial charge in [0.15, 0.2) is 0 Å². The molecule has 2 aromatic heterocycles. The van der Waals surface area contributed by atoms with Gasteiger partial charge < -0.3 is 0 Å². The van der Waals surface area contributed by atoms with Crippen molar-refractivity contribution in [3.05, 3.63) is 162 Å². The lowest BCUT2D eigenvalue weighted by Gasteiger charge is -2.14. The highest BCUT2D eigenvalue weighted by atomic mass is 16.1. The predicted molar refractivity (Wildman–Crippen MR) is 191 cm³/mol. The summed E-state index contributed by atoms with van der Waals surface area (Å²) in [4.78, 5) is 13.8. The summed E-state index contributed by atoms with van der Waals surface area (Å²) in [7, 11) is 0. The zero-order valence-corrected chi connectivity index (χ0v) is 24.3. The molecule has 2 heterocycles. The van der Waals surface area contributed by atoms with E-state index in [4.69, 9.17) is 0 Å². The van der Waals surface area contributed by atoms with Gasteiger partial charge in [0.1, 0.15) is 0 Å². The van der Waals surface area contributed by atoms with Crippen LogP contribution in [0.15, 0.2) is 156 Å². The zero-order chi connectivity index (χ0) is 29.6. The highest BCUT2D eigenvalue weighted by molar-refractivity contribution is 6.26. The fourth-order valence-electron chi connectivity index (χ4n) is 7.75. The van der Waals surface area contributed by atoms with E-state index in [0.29, 0.717) is 0 Å². The Bertz CT molecular complexity index is 2860. The average Bonchev–Trinajstić information content (AvgIpc) is 3.45. The molecule has 10 rings (SSSR count). The van der Waals surface area contributed by atoms with Gasteiger partial charge in [-0.2, -0.15) is 0 Å². The lowest BCUT2D eigenvalue weighted by Crippen LogP contribution is -2.12. The second kappa shape index (κ2) is 9.01. The lowest BCUT2D eigenvalue weighted by atomic mass is 9.89. The topological polar surface area (TPSA) is 21.5 Å². The van der Waals surface area contributed by atoms with Gasteiger partial charge in [0.2, 0.25) is 0 Å². The maximum atomic E-state index is 13.8. The van der Waals surface area contributed by atoms with E-state index in [-0.39, 0.29) is 5.56 Å². The third-order valence-electron chi connectivity index (χ3n) is 9.73. The Morgan fingerprint density at radius 3 is 1.38 bits per heavy atom. The molecule has 10 aromatic rings. The van der Waals surface area contributed by atoms with Crippen molar-refractivity contribution in [3.8, 4) is 22.3 Å². The number of para-hydroxylation sites is 1. The van der Waals surface area contributed by atoms with Crippen molar-refractivity contribution in [3.63, 3.8) is 0 Å². The number of hydrogen-bond acceptors (Lipinski definition) is 1. The third-order valence-corrected chi connectivity index (χ3v) is 9.73. The summed E-state index contributed by atoms with van der Waals surface area (Å²) in [5, 5.41) is 12.7. The smallest absolute Gasteiger partial charge is 0.263 e. The summed E-state index contributed by atoms with van der Waals surface area (Å²) in [6.45, 7) is 0. The molecule has 0 fully saturated rings. The van der Waals surface area contributed by atoms with Gasteiger partial charge in [0.05, 0.1) is 11.0 Å². The van der Waals surface area contributed by atoms with E-state index in [9.17, 15) is 4.79 Å². The van der Waals surface area contributed by atoms with Crippen LogP contribution in [0.3, 0.4) is 0 Å². The van der Waals surface area contributed by atoms with Crippen LogP contribution >= 0.6 is 0 Å². The van der Waals surface area contributed by atoms with Crippen LogP contribution in [0.2, 0.25) is 0 Å². The van der Waals surface area contributed by atoms with Gasteiger partial charge in [-0.05, 0) is 84.2 Å². The normalized spacial score (nSPS) is 12.1. The quantitative estimate of drug-likeness (QED) is 0.189. The first-order valence-electron chi connectivity index (χ1n) is 15.4. The SMILES string of the molecule is O=c1c2ccccc2c2cccc3c4cc(-c5ccccc5-c5ccc6c7ccccc7c7ccccc7c6c5)ccc4n1c23. The van der Waals surface area contributed by atoms with Crippen molar-refractivity contribution >= 4 is 70.3 Å². The Morgan fingerprint density at radius 2 is 0.756 bits per heavy atom. The largest absolute Gasteiger partial charge is 0.275 e. The summed E-state index contributed by atoms with van der Waals surface area (Å²) in [5.74, 6) is 0. The van der Waals surface area contributed by atoms with Crippen molar-refractivity contribution in [1.29, 1.82) is 0 Å². The Labute approximate surface area is 258 Å². The molecule has 8 aromatic carbocycles. The standard InChI is InChI=1S/C43H25NO/c45-43-38-17-8-7-16-34(38)36-18-9-19-37-40-25-27(21-23-41(40)44(43)42(36)37)29-11-2-1-10-28(29)26-20-22-35-32-14-4-3-12-30(32)31-13-5-6-15-33(31)39(35)24-26/h1-25H. The van der Waals surface area contributed by atoms with Crippen molar-refractivity contribution < 1.29 is 0 Å². The minimum Gasteiger partial charge on any atom is -0.275 e. The Balaban J connectivity index is 1.23. The first-order valence-corrected chi connectivity index (χ1v) is 15.4. The minimum atomic E-state index is 0.0355. The number of fused-ring (bicyclic) bond motifs is 11. The number of nitrogens with zero attached hydrogens (tertiary/aromatic N) is 1. The van der Waals surface area contributed by atoms with Crippen LogP contribution in [0.4, 0.5) is 0 Å². The van der Waals surface area contributed by atoms with E-state index in [1.165, 1.54) is 49.0 Å². The average molecular weight is 572 g/mol. The Kier molecular flexibility index (Phi) is 4.90. The highest BCUT2D eigenvalue weighted by Crippen LogP contribution is 2.41. The van der Waals surface area contributed by atoms with Gasteiger partial charge in [-0.3, -0.25) is 9.20 Å². The first kappa shape index (κ1) is 24.5. The van der Waals surface area contributed by atoms with Crippen molar-refractivity contribution in [1.82, 2.24) is 4.40 Å². The van der Waals surface area contributed by atoms with Crippen LogP contribution < -0.4 is 5.56 Å². The van der Waals surface area contributed by atoms with E-state index in [1.807, 2.05) is 22.6 Å². The Hall–Kier alpha value is -5.99. The summed E-state index contributed by atoms with van der Waals surface area (Å²) >= 11 is 0.